The van der Waals surface area contributed by atoms with Gasteiger partial charge in [-0.2, -0.15) is 0 Å². The molecule has 2 rings (SSSR count). The van der Waals surface area contributed by atoms with E-state index in [0.29, 0.717) is 18.4 Å². The van der Waals surface area contributed by atoms with Crippen molar-refractivity contribution in [1.29, 1.82) is 0 Å². The zero-order valence-electron chi connectivity index (χ0n) is 13.9. The molecule has 0 spiro atoms. The van der Waals surface area contributed by atoms with Crippen LogP contribution in [-0.4, -0.2) is 62.7 Å². The molecule has 1 unspecified atom stereocenters. The van der Waals surface area contributed by atoms with Crippen molar-refractivity contribution in [3.63, 3.8) is 0 Å². The summed E-state index contributed by atoms with van der Waals surface area (Å²) < 4.78 is 5.64. The molecule has 6 nitrogen and oxygen atoms in total. The van der Waals surface area contributed by atoms with Crippen LogP contribution in [0.2, 0.25) is 0 Å². The Bertz CT molecular complexity index is 372. The highest BCUT2D eigenvalue weighted by atomic mass is 16.5. The number of carbonyl (C=O) groups is 1. The third-order valence-corrected chi connectivity index (χ3v) is 4.47. The van der Waals surface area contributed by atoms with Gasteiger partial charge in [0.2, 0.25) is 5.91 Å². The molecule has 0 aromatic carbocycles. The van der Waals surface area contributed by atoms with E-state index in [9.17, 15) is 4.79 Å². The first-order valence-corrected chi connectivity index (χ1v) is 8.58. The van der Waals surface area contributed by atoms with E-state index in [0.717, 1.165) is 64.4 Å². The third-order valence-electron chi connectivity index (χ3n) is 4.47. The van der Waals surface area contributed by atoms with E-state index in [-0.39, 0.29) is 5.91 Å². The molecule has 0 saturated carbocycles. The summed E-state index contributed by atoms with van der Waals surface area (Å²) in [5.74, 6) is 1.64. The van der Waals surface area contributed by atoms with Crippen LogP contribution in [0.3, 0.4) is 0 Å². The number of piperidine rings is 1. The Kier molecular flexibility index (Phi) is 6.96. The first-order valence-electron chi connectivity index (χ1n) is 8.58. The molecule has 0 radical (unpaired) electrons. The van der Waals surface area contributed by atoms with Crippen LogP contribution in [0.5, 0.6) is 0 Å². The van der Waals surface area contributed by atoms with Gasteiger partial charge in [-0.1, -0.05) is 0 Å². The Labute approximate surface area is 133 Å². The Morgan fingerprint density at radius 3 is 2.68 bits per heavy atom. The molecule has 0 bridgehead atoms. The van der Waals surface area contributed by atoms with Crippen LogP contribution in [-0.2, 0) is 9.53 Å². The number of ether oxygens (including phenoxy) is 1. The standard InChI is InChI=1S/C16H30N4O2/c1-3-18-16(19-12-14-5-4-10-22-14)20-8-6-13(7-9-20)11-15(21)17-2/h13-14H,3-12H2,1-2H3,(H,17,21)(H,18,19). The maximum absolute atomic E-state index is 11.5. The molecule has 2 heterocycles. The molecule has 1 atom stereocenters. The van der Waals surface area contributed by atoms with E-state index >= 15 is 0 Å². The van der Waals surface area contributed by atoms with Crippen LogP contribution >= 0.6 is 0 Å². The lowest BCUT2D eigenvalue weighted by molar-refractivity contribution is -0.121. The molecule has 2 fully saturated rings. The van der Waals surface area contributed by atoms with E-state index in [4.69, 9.17) is 9.73 Å². The number of nitrogens with zero attached hydrogens (tertiary/aromatic N) is 2. The van der Waals surface area contributed by atoms with Crippen LogP contribution < -0.4 is 10.6 Å². The lowest BCUT2D eigenvalue weighted by Crippen LogP contribution is -2.46. The number of guanidine groups is 1. The highest BCUT2D eigenvalue weighted by molar-refractivity contribution is 5.80. The molecule has 22 heavy (non-hydrogen) atoms. The van der Waals surface area contributed by atoms with Gasteiger partial charge in [0, 0.05) is 39.7 Å². The van der Waals surface area contributed by atoms with Gasteiger partial charge in [-0.15, -0.1) is 0 Å². The fourth-order valence-corrected chi connectivity index (χ4v) is 3.12. The van der Waals surface area contributed by atoms with Gasteiger partial charge < -0.3 is 20.3 Å². The second-order valence-electron chi connectivity index (χ2n) is 6.14. The summed E-state index contributed by atoms with van der Waals surface area (Å²) >= 11 is 0. The second kappa shape index (κ2) is 8.98. The molecule has 1 amide bonds. The van der Waals surface area contributed by atoms with Gasteiger partial charge in [-0.3, -0.25) is 9.79 Å². The number of carbonyl (C=O) groups excluding carboxylic acids is 1. The van der Waals surface area contributed by atoms with Crippen molar-refractivity contribution in [1.82, 2.24) is 15.5 Å². The number of hydrogen-bond acceptors (Lipinski definition) is 3. The SMILES string of the molecule is CCNC(=NCC1CCCO1)N1CCC(CC(=O)NC)CC1. The second-order valence-corrected chi connectivity index (χ2v) is 6.14. The maximum Gasteiger partial charge on any atom is 0.220 e. The lowest BCUT2D eigenvalue weighted by Gasteiger charge is -2.34. The summed E-state index contributed by atoms with van der Waals surface area (Å²) in [4.78, 5) is 18.5. The molecule has 2 saturated heterocycles. The molecule has 126 valence electrons. The summed E-state index contributed by atoms with van der Waals surface area (Å²) in [6.07, 6.45) is 5.32. The Morgan fingerprint density at radius 2 is 2.09 bits per heavy atom. The fourth-order valence-electron chi connectivity index (χ4n) is 3.12. The van der Waals surface area contributed by atoms with Gasteiger partial charge >= 0.3 is 0 Å². The van der Waals surface area contributed by atoms with E-state index in [1.165, 1.54) is 0 Å². The van der Waals surface area contributed by atoms with Crippen LogP contribution in [0.4, 0.5) is 0 Å². The van der Waals surface area contributed by atoms with Crippen molar-refractivity contribution in [3.05, 3.63) is 0 Å². The Hall–Kier alpha value is -1.30. The molecule has 2 aliphatic rings. The van der Waals surface area contributed by atoms with E-state index in [1.807, 2.05) is 0 Å². The molecule has 2 aliphatic heterocycles. The average Bonchev–Trinajstić information content (AvgIpc) is 3.05. The summed E-state index contributed by atoms with van der Waals surface area (Å²) in [5, 5.41) is 6.10. The van der Waals surface area contributed by atoms with Crippen LogP contribution in [0, 0.1) is 5.92 Å². The molecule has 2 N–H and O–H groups in total. The van der Waals surface area contributed by atoms with E-state index < -0.39 is 0 Å². The summed E-state index contributed by atoms with van der Waals surface area (Å²) in [6, 6.07) is 0. The Morgan fingerprint density at radius 1 is 1.32 bits per heavy atom. The molecule has 0 aromatic rings. The lowest BCUT2D eigenvalue weighted by atomic mass is 9.93. The summed E-state index contributed by atoms with van der Waals surface area (Å²) in [7, 11) is 1.71. The molecule has 0 aliphatic carbocycles. The normalized spacial score (nSPS) is 23.6. The fraction of sp³-hybridized carbons (Fsp3) is 0.875. The monoisotopic (exact) mass is 310 g/mol. The van der Waals surface area contributed by atoms with Crippen LogP contribution in [0.25, 0.3) is 0 Å². The van der Waals surface area contributed by atoms with E-state index in [1.54, 1.807) is 7.05 Å². The smallest absolute Gasteiger partial charge is 0.220 e. The first-order chi connectivity index (χ1) is 10.7. The highest BCUT2D eigenvalue weighted by Crippen LogP contribution is 2.20. The third kappa shape index (κ3) is 5.16. The van der Waals surface area contributed by atoms with Crippen molar-refractivity contribution in [3.8, 4) is 0 Å². The van der Waals surface area contributed by atoms with Gasteiger partial charge in [-0.25, -0.2) is 0 Å². The highest BCUT2D eigenvalue weighted by Gasteiger charge is 2.23. The van der Waals surface area contributed by atoms with Crippen molar-refractivity contribution >= 4 is 11.9 Å². The van der Waals surface area contributed by atoms with Crippen molar-refractivity contribution < 1.29 is 9.53 Å². The van der Waals surface area contributed by atoms with Crippen molar-refractivity contribution in [2.24, 2.45) is 10.9 Å². The van der Waals surface area contributed by atoms with Crippen molar-refractivity contribution in [2.45, 2.75) is 45.1 Å². The number of aliphatic imine (C=N–C) groups is 1. The predicted octanol–water partition coefficient (Wildman–Crippen LogP) is 0.979. The molecule has 0 aromatic heterocycles. The minimum absolute atomic E-state index is 0.150. The van der Waals surface area contributed by atoms with Gasteiger partial charge in [-0.05, 0) is 38.5 Å². The largest absolute Gasteiger partial charge is 0.376 e. The minimum Gasteiger partial charge on any atom is -0.376 e. The number of likely N-dealkylation sites (tertiary alicyclic amines) is 1. The van der Waals surface area contributed by atoms with Crippen LogP contribution in [0.15, 0.2) is 4.99 Å². The Balaban J connectivity index is 1.82. The molecular formula is C16H30N4O2. The van der Waals surface area contributed by atoms with Gasteiger partial charge in [0.15, 0.2) is 5.96 Å². The van der Waals surface area contributed by atoms with Crippen LogP contribution in [0.1, 0.15) is 39.0 Å². The van der Waals surface area contributed by atoms with E-state index in [2.05, 4.69) is 22.5 Å². The summed E-state index contributed by atoms with van der Waals surface area (Å²) in [6.45, 7) is 6.54. The van der Waals surface area contributed by atoms with Gasteiger partial charge in [0.05, 0.1) is 12.6 Å². The molecular weight excluding hydrogens is 280 g/mol. The maximum atomic E-state index is 11.5. The zero-order valence-corrected chi connectivity index (χ0v) is 13.9. The number of hydrogen-bond donors (Lipinski definition) is 2. The van der Waals surface area contributed by atoms with Gasteiger partial charge in [0.25, 0.3) is 0 Å². The minimum atomic E-state index is 0.150. The van der Waals surface area contributed by atoms with Crippen molar-refractivity contribution in [2.75, 3.05) is 39.8 Å². The average molecular weight is 310 g/mol. The molecule has 6 heteroatoms. The topological polar surface area (TPSA) is 66.0 Å². The first kappa shape index (κ1) is 17.1. The van der Waals surface area contributed by atoms with Gasteiger partial charge in [0.1, 0.15) is 0 Å². The quantitative estimate of drug-likeness (QED) is 0.587. The predicted molar refractivity (Wildman–Crippen MR) is 87.9 cm³/mol. The number of rotatable bonds is 5. The number of nitrogens with one attached hydrogen (secondary N) is 2. The summed E-state index contributed by atoms with van der Waals surface area (Å²) in [5.41, 5.74) is 0. The number of amides is 1. The zero-order chi connectivity index (χ0) is 15.8.